The van der Waals surface area contributed by atoms with Crippen LogP contribution in [0.4, 0.5) is 0 Å². The average molecular weight is 753 g/mol. The summed E-state index contributed by atoms with van der Waals surface area (Å²) in [6, 6.07) is 16.8. The fourth-order valence-electron chi connectivity index (χ4n) is 7.65. The van der Waals surface area contributed by atoms with Crippen LogP contribution in [0.25, 0.3) is 0 Å². The number of nitrogens with zero attached hydrogens (tertiary/aromatic N) is 2. The number of methoxy groups -OCH3 is 1. The summed E-state index contributed by atoms with van der Waals surface area (Å²) in [6.07, 6.45) is 2.85. The van der Waals surface area contributed by atoms with Gasteiger partial charge in [-0.25, -0.2) is 0 Å². The molecule has 0 aromatic heterocycles. The molecule has 50 heavy (non-hydrogen) atoms. The number of likely N-dealkylation sites (tertiary alicyclic amines) is 1. The number of hydrogen-bond donors (Lipinski definition) is 2. The second-order valence-electron chi connectivity index (χ2n) is 13.0. The number of allylic oxidation sites excluding steroid dienone is 1. The lowest BCUT2D eigenvalue weighted by Crippen LogP contribution is -2.56. The number of esters is 1. The first kappa shape index (κ1) is 37.4. The zero-order valence-corrected chi connectivity index (χ0v) is 29.9. The molecule has 2 aromatic rings. The van der Waals surface area contributed by atoms with Gasteiger partial charge >= 0.3 is 5.97 Å². The van der Waals surface area contributed by atoms with E-state index in [0.717, 1.165) is 5.56 Å². The van der Waals surface area contributed by atoms with Crippen LogP contribution >= 0.6 is 15.9 Å². The second kappa shape index (κ2) is 16.9. The Morgan fingerprint density at radius 3 is 2.48 bits per heavy atom. The van der Waals surface area contributed by atoms with Gasteiger partial charge in [0.1, 0.15) is 17.7 Å². The van der Waals surface area contributed by atoms with Gasteiger partial charge in [0, 0.05) is 44.6 Å². The topological polar surface area (TPSA) is 135 Å². The number of carbonyl (C=O) groups excluding carboxylic acids is 4. The van der Waals surface area contributed by atoms with Gasteiger partial charge in [-0.15, -0.1) is 13.2 Å². The maximum Gasteiger partial charge on any atom is 0.313 e. The standard InChI is InChI=1S/C38H46BrN3O8/c1-4-6-18-29(44)40-28(24-48-3)32(26-16-11-8-12-17-26)49-37(47)30-31-35(45)42(20-13-21-43)34(38(31)22-27(39)33(30)50-38)36(46)41(19-5-2)23-25-14-9-7-10-15-25/h4-5,7-12,14-17,27-28,30-34,43H,1-2,6,13,18-24H2,3H3,(H,40,44)/t27?,28-,30-,31+,32-,33-,34-,38+/m1/s1. The zero-order valence-electron chi connectivity index (χ0n) is 28.3. The van der Waals surface area contributed by atoms with Gasteiger partial charge < -0.3 is 34.4 Å². The number of nitrogens with one attached hydrogen (secondary N) is 1. The number of amides is 3. The van der Waals surface area contributed by atoms with E-state index in [1.54, 1.807) is 29.2 Å². The predicted octanol–water partition coefficient (Wildman–Crippen LogP) is 3.71. The largest absolute Gasteiger partial charge is 0.455 e. The molecule has 0 radical (unpaired) electrons. The number of aliphatic hydroxyl groups is 1. The van der Waals surface area contributed by atoms with Crippen molar-refractivity contribution in [3.63, 3.8) is 0 Å². The van der Waals surface area contributed by atoms with Crippen LogP contribution in [-0.2, 0) is 39.9 Å². The van der Waals surface area contributed by atoms with Gasteiger partial charge in [-0.1, -0.05) is 88.7 Å². The Bertz CT molecular complexity index is 1530. The van der Waals surface area contributed by atoms with E-state index < -0.39 is 47.7 Å². The van der Waals surface area contributed by atoms with Crippen LogP contribution in [0.5, 0.6) is 0 Å². The Morgan fingerprint density at radius 2 is 1.84 bits per heavy atom. The summed E-state index contributed by atoms with van der Waals surface area (Å²) in [7, 11) is 1.50. The summed E-state index contributed by atoms with van der Waals surface area (Å²) in [5, 5.41) is 12.7. The minimum atomic E-state index is -1.31. The molecule has 3 saturated heterocycles. The van der Waals surface area contributed by atoms with E-state index in [1.165, 1.54) is 12.0 Å². The van der Waals surface area contributed by atoms with Gasteiger partial charge in [-0.2, -0.15) is 0 Å². The molecule has 3 amide bonds. The van der Waals surface area contributed by atoms with Crippen molar-refractivity contribution in [1.29, 1.82) is 0 Å². The third-order valence-corrected chi connectivity index (χ3v) is 10.6. The first-order valence-electron chi connectivity index (χ1n) is 17.0. The lowest BCUT2D eigenvalue weighted by atomic mass is 9.70. The Kier molecular flexibility index (Phi) is 12.7. The molecule has 2 bridgehead atoms. The van der Waals surface area contributed by atoms with Crippen molar-refractivity contribution in [3.05, 3.63) is 97.1 Å². The van der Waals surface area contributed by atoms with E-state index in [1.807, 2.05) is 48.5 Å². The van der Waals surface area contributed by atoms with Crippen molar-refractivity contribution in [2.45, 2.75) is 66.9 Å². The highest BCUT2D eigenvalue weighted by atomic mass is 79.9. The molecule has 268 valence electrons. The Labute approximate surface area is 301 Å². The maximum atomic E-state index is 14.6. The Hall–Kier alpha value is -3.84. The lowest BCUT2D eigenvalue weighted by Gasteiger charge is -2.37. The van der Waals surface area contributed by atoms with Crippen molar-refractivity contribution in [3.8, 4) is 0 Å². The predicted molar refractivity (Wildman–Crippen MR) is 190 cm³/mol. The molecule has 3 heterocycles. The molecule has 3 aliphatic rings. The monoisotopic (exact) mass is 751 g/mol. The summed E-state index contributed by atoms with van der Waals surface area (Å²) >= 11 is 3.72. The number of fused-ring (bicyclic) bond motifs is 1. The molecule has 0 aliphatic carbocycles. The van der Waals surface area contributed by atoms with Crippen molar-refractivity contribution < 1.29 is 38.5 Å². The van der Waals surface area contributed by atoms with Gasteiger partial charge in [-0.05, 0) is 30.4 Å². The van der Waals surface area contributed by atoms with E-state index in [2.05, 4.69) is 34.4 Å². The second-order valence-corrected chi connectivity index (χ2v) is 14.2. The van der Waals surface area contributed by atoms with Crippen LogP contribution < -0.4 is 5.32 Å². The number of hydrogen-bond acceptors (Lipinski definition) is 8. The van der Waals surface area contributed by atoms with E-state index in [9.17, 15) is 24.3 Å². The van der Waals surface area contributed by atoms with Gasteiger partial charge in [0.15, 0.2) is 0 Å². The molecule has 3 aliphatic heterocycles. The summed E-state index contributed by atoms with van der Waals surface area (Å²) < 4.78 is 18.4. The highest BCUT2D eigenvalue weighted by Crippen LogP contribution is 2.60. The van der Waals surface area contributed by atoms with E-state index in [0.29, 0.717) is 18.4 Å². The van der Waals surface area contributed by atoms with Crippen LogP contribution in [0.15, 0.2) is 86.0 Å². The molecule has 0 saturated carbocycles. The van der Waals surface area contributed by atoms with Crippen molar-refractivity contribution in [1.82, 2.24) is 15.1 Å². The van der Waals surface area contributed by atoms with Gasteiger partial charge in [0.25, 0.3) is 0 Å². The quantitative estimate of drug-likeness (QED) is 0.134. The summed E-state index contributed by atoms with van der Waals surface area (Å²) in [6.45, 7) is 8.05. The van der Waals surface area contributed by atoms with E-state index >= 15 is 0 Å². The van der Waals surface area contributed by atoms with Crippen LogP contribution in [0.1, 0.15) is 42.9 Å². The number of alkyl halides is 1. The number of aliphatic hydroxyl groups excluding tert-OH is 1. The molecular formula is C38H46BrN3O8. The van der Waals surface area contributed by atoms with E-state index in [4.69, 9.17) is 14.2 Å². The molecule has 8 atom stereocenters. The molecule has 11 nitrogen and oxygen atoms in total. The first-order chi connectivity index (χ1) is 24.2. The fourth-order valence-corrected chi connectivity index (χ4v) is 8.59. The third kappa shape index (κ3) is 7.58. The van der Waals surface area contributed by atoms with E-state index in [-0.39, 0.29) is 68.2 Å². The molecule has 1 unspecified atom stereocenters. The number of carbonyl (C=O) groups is 4. The van der Waals surface area contributed by atoms with Crippen molar-refractivity contribution in [2.24, 2.45) is 11.8 Å². The summed E-state index contributed by atoms with van der Waals surface area (Å²) in [5.74, 6) is -3.66. The Balaban J connectivity index is 1.49. The number of ether oxygens (including phenoxy) is 3. The van der Waals surface area contributed by atoms with Crippen molar-refractivity contribution >= 4 is 39.6 Å². The maximum absolute atomic E-state index is 14.6. The van der Waals surface area contributed by atoms with Crippen LogP contribution in [-0.4, -0.2) is 101 Å². The fraction of sp³-hybridized carbons (Fsp3) is 0.474. The van der Waals surface area contributed by atoms with Crippen LogP contribution in [0, 0.1) is 11.8 Å². The molecule has 1 spiro atoms. The van der Waals surface area contributed by atoms with Crippen LogP contribution in [0.3, 0.4) is 0 Å². The third-order valence-electron chi connectivity index (χ3n) is 9.73. The minimum absolute atomic E-state index is 0.0523. The molecule has 12 heteroatoms. The summed E-state index contributed by atoms with van der Waals surface area (Å²) in [5.41, 5.74) is 0.237. The molecular weight excluding hydrogens is 706 g/mol. The molecule has 2 N–H and O–H groups in total. The minimum Gasteiger partial charge on any atom is -0.455 e. The summed E-state index contributed by atoms with van der Waals surface area (Å²) in [4.78, 5) is 59.2. The Morgan fingerprint density at radius 1 is 1.14 bits per heavy atom. The normalized spacial score (nSPS) is 26.2. The van der Waals surface area contributed by atoms with Crippen LogP contribution in [0.2, 0.25) is 0 Å². The molecule has 5 rings (SSSR count). The molecule has 3 fully saturated rings. The lowest BCUT2D eigenvalue weighted by molar-refractivity contribution is -0.163. The molecule has 2 aromatic carbocycles. The van der Waals surface area contributed by atoms with Crippen molar-refractivity contribution in [2.75, 3.05) is 33.4 Å². The number of benzene rings is 2. The number of rotatable bonds is 18. The number of halogens is 1. The van der Waals surface area contributed by atoms with Gasteiger partial charge in [-0.3, -0.25) is 19.2 Å². The highest BCUT2D eigenvalue weighted by molar-refractivity contribution is 9.09. The smallest absolute Gasteiger partial charge is 0.313 e. The van der Waals surface area contributed by atoms with Gasteiger partial charge in [0.2, 0.25) is 17.7 Å². The average Bonchev–Trinajstić information content (AvgIpc) is 3.71. The van der Waals surface area contributed by atoms with Gasteiger partial charge in [0.05, 0.1) is 30.6 Å². The first-order valence-corrected chi connectivity index (χ1v) is 17.9. The SMILES string of the molecule is C=CCCC(=O)N[C@H](COC)[C@H](OC(=O)[C@H]1[C@@H]2O[C@@]3(CC2Br)[C@@H]1C(=O)N(CCCO)[C@@H]3C(=O)N(CC=C)Cc1ccccc1)c1ccccc1. The highest BCUT2D eigenvalue weighted by Gasteiger charge is 2.77. The zero-order chi connectivity index (χ0) is 35.8.